The Hall–Kier alpha value is -2.81. The van der Waals surface area contributed by atoms with E-state index in [1.807, 2.05) is 54.6 Å². The van der Waals surface area contributed by atoms with Crippen LogP contribution in [0.4, 0.5) is 0 Å². The van der Waals surface area contributed by atoms with E-state index in [0.717, 1.165) is 17.7 Å². The summed E-state index contributed by atoms with van der Waals surface area (Å²) in [6.45, 7) is 0.628. The minimum atomic E-state index is -0.0538. The minimum Gasteiger partial charge on any atom is -0.464 e. The number of hydrogen-bond donors (Lipinski definition) is 1. The molecule has 3 rings (SSSR count). The average molecular weight is 291 g/mol. The molecule has 0 fully saturated rings. The molecule has 0 saturated carbocycles. The maximum absolute atomic E-state index is 12.1. The largest absolute Gasteiger partial charge is 0.464 e. The Morgan fingerprint density at radius 1 is 0.909 bits per heavy atom. The van der Waals surface area contributed by atoms with Crippen LogP contribution in [0.5, 0.6) is 0 Å². The number of carbonyl (C=O) groups is 1. The Kier molecular flexibility index (Phi) is 4.35. The molecule has 1 heterocycles. The predicted molar refractivity (Wildman–Crippen MR) is 86.6 cm³/mol. The minimum absolute atomic E-state index is 0.0538. The van der Waals surface area contributed by atoms with Gasteiger partial charge in [-0.15, -0.1) is 0 Å². The molecule has 3 heteroatoms. The molecule has 0 atom stereocenters. The Labute approximate surface area is 129 Å². The zero-order chi connectivity index (χ0) is 15.2. The van der Waals surface area contributed by atoms with Gasteiger partial charge in [-0.1, -0.05) is 42.5 Å². The van der Waals surface area contributed by atoms with Gasteiger partial charge in [0.05, 0.1) is 6.26 Å². The molecule has 1 aromatic heterocycles. The smallest absolute Gasteiger partial charge is 0.251 e. The third-order valence-corrected chi connectivity index (χ3v) is 3.49. The van der Waals surface area contributed by atoms with Crippen molar-refractivity contribution in [3.8, 4) is 11.3 Å². The van der Waals surface area contributed by atoms with Gasteiger partial charge in [0.15, 0.2) is 0 Å². The quantitative estimate of drug-likeness (QED) is 0.774. The van der Waals surface area contributed by atoms with Crippen LogP contribution in [0.1, 0.15) is 15.9 Å². The molecule has 0 saturated heterocycles. The first-order valence-electron chi connectivity index (χ1n) is 7.29. The molecular formula is C19H17NO2. The van der Waals surface area contributed by atoms with E-state index in [1.54, 1.807) is 6.26 Å². The van der Waals surface area contributed by atoms with Crippen molar-refractivity contribution in [3.63, 3.8) is 0 Å². The summed E-state index contributed by atoms with van der Waals surface area (Å²) in [6, 6.07) is 21.3. The normalized spacial score (nSPS) is 10.4. The molecular weight excluding hydrogens is 274 g/mol. The van der Waals surface area contributed by atoms with Crippen molar-refractivity contribution >= 4 is 5.91 Å². The van der Waals surface area contributed by atoms with Crippen molar-refractivity contribution < 1.29 is 9.21 Å². The molecule has 2 aromatic carbocycles. The molecule has 110 valence electrons. The summed E-state index contributed by atoms with van der Waals surface area (Å²) in [4.78, 5) is 12.1. The van der Waals surface area contributed by atoms with Gasteiger partial charge in [-0.05, 0) is 36.2 Å². The highest BCUT2D eigenvalue weighted by Crippen LogP contribution is 2.19. The van der Waals surface area contributed by atoms with Crippen LogP contribution in [-0.2, 0) is 6.42 Å². The van der Waals surface area contributed by atoms with Crippen LogP contribution in [0.25, 0.3) is 11.3 Å². The van der Waals surface area contributed by atoms with Crippen LogP contribution in [-0.4, -0.2) is 12.5 Å². The molecule has 0 bridgehead atoms. The summed E-state index contributed by atoms with van der Waals surface area (Å²) >= 11 is 0. The first kappa shape index (κ1) is 14.1. The number of amides is 1. The lowest BCUT2D eigenvalue weighted by atomic mass is 10.1. The summed E-state index contributed by atoms with van der Waals surface area (Å²) in [5, 5.41) is 2.94. The average Bonchev–Trinajstić information content (AvgIpc) is 3.10. The van der Waals surface area contributed by atoms with Crippen molar-refractivity contribution in [2.24, 2.45) is 0 Å². The van der Waals surface area contributed by atoms with Crippen molar-refractivity contribution in [2.45, 2.75) is 6.42 Å². The first-order chi connectivity index (χ1) is 10.8. The zero-order valence-electron chi connectivity index (χ0n) is 12.2. The second kappa shape index (κ2) is 6.76. The lowest BCUT2D eigenvalue weighted by Crippen LogP contribution is -2.25. The number of nitrogens with one attached hydrogen (secondary N) is 1. The summed E-state index contributed by atoms with van der Waals surface area (Å²) < 4.78 is 5.33. The fourth-order valence-electron chi connectivity index (χ4n) is 2.30. The van der Waals surface area contributed by atoms with Crippen molar-refractivity contribution in [2.75, 3.05) is 6.54 Å². The van der Waals surface area contributed by atoms with E-state index in [2.05, 4.69) is 17.4 Å². The molecule has 1 N–H and O–H groups in total. The van der Waals surface area contributed by atoms with Crippen LogP contribution in [0.15, 0.2) is 77.4 Å². The number of hydrogen-bond acceptors (Lipinski definition) is 2. The fourth-order valence-corrected chi connectivity index (χ4v) is 2.30. The third kappa shape index (κ3) is 3.44. The number of carbonyl (C=O) groups excluding carboxylic acids is 1. The summed E-state index contributed by atoms with van der Waals surface area (Å²) in [7, 11) is 0. The van der Waals surface area contributed by atoms with E-state index in [0.29, 0.717) is 12.1 Å². The van der Waals surface area contributed by atoms with E-state index < -0.39 is 0 Å². The summed E-state index contributed by atoms with van der Waals surface area (Å²) in [5.41, 5.74) is 2.84. The van der Waals surface area contributed by atoms with Crippen molar-refractivity contribution in [3.05, 3.63) is 84.1 Å². The van der Waals surface area contributed by atoms with Crippen molar-refractivity contribution in [1.29, 1.82) is 0 Å². The second-order valence-corrected chi connectivity index (χ2v) is 5.05. The van der Waals surface area contributed by atoms with Gasteiger partial charge in [-0.2, -0.15) is 0 Å². The number of rotatable bonds is 5. The van der Waals surface area contributed by atoms with Gasteiger partial charge in [-0.25, -0.2) is 0 Å². The molecule has 3 aromatic rings. The maximum Gasteiger partial charge on any atom is 0.251 e. The highest BCUT2D eigenvalue weighted by molar-refractivity contribution is 5.94. The van der Waals surface area contributed by atoms with Gasteiger partial charge in [0, 0.05) is 17.7 Å². The van der Waals surface area contributed by atoms with Crippen LogP contribution in [0, 0.1) is 0 Å². The molecule has 0 unspecified atom stereocenters. The monoisotopic (exact) mass is 291 g/mol. The van der Waals surface area contributed by atoms with Crippen LogP contribution >= 0.6 is 0 Å². The van der Waals surface area contributed by atoms with E-state index in [1.165, 1.54) is 5.56 Å². The van der Waals surface area contributed by atoms with Crippen molar-refractivity contribution in [1.82, 2.24) is 5.32 Å². The third-order valence-electron chi connectivity index (χ3n) is 3.49. The van der Waals surface area contributed by atoms with E-state index in [9.17, 15) is 4.79 Å². The Bertz CT molecular complexity index is 716. The standard InChI is InChI=1S/C19H17NO2/c21-19(20-13-12-15-5-2-1-3-6-15)17-10-8-16(9-11-17)18-7-4-14-22-18/h1-11,14H,12-13H2,(H,20,21). The lowest BCUT2D eigenvalue weighted by Gasteiger charge is -2.06. The second-order valence-electron chi connectivity index (χ2n) is 5.05. The molecule has 1 amide bonds. The van der Waals surface area contributed by atoms with E-state index >= 15 is 0 Å². The van der Waals surface area contributed by atoms with Crippen LogP contribution in [0.2, 0.25) is 0 Å². The highest BCUT2D eigenvalue weighted by Gasteiger charge is 2.06. The molecule has 0 aliphatic rings. The van der Waals surface area contributed by atoms with E-state index in [4.69, 9.17) is 4.42 Å². The fraction of sp³-hybridized carbons (Fsp3) is 0.105. The number of benzene rings is 2. The molecule has 0 aliphatic carbocycles. The Morgan fingerprint density at radius 3 is 2.36 bits per heavy atom. The van der Waals surface area contributed by atoms with Gasteiger partial charge < -0.3 is 9.73 Å². The summed E-state index contributed by atoms with van der Waals surface area (Å²) in [6.07, 6.45) is 2.47. The van der Waals surface area contributed by atoms with Gasteiger partial charge in [0.25, 0.3) is 5.91 Å². The molecule has 22 heavy (non-hydrogen) atoms. The molecule has 0 aliphatic heterocycles. The molecule has 0 radical (unpaired) electrons. The Balaban J connectivity index is 1.56. The number of furan rings is 1. The molecule has 0 spiro atoms. The Morgan fingerprint density at radius 2 is 1.68 bits per heavy atom. The summed E-state index contributed by atoms with van der Waals surface area (Å²) in [5.74, 6) is 0.748. The topological polar surface area (TPSA) is 42.2 Å². The van der Waals surface area contributed by atoms with Gasteiger partial charge >= 0.3 is 0 Å². The van der Waals surface area contributed by atoms with E-state index in [-0.39, 0.29) is 5.91 Å². The van der Waals surface area contributed by atoms with Gasteiger partial charge in [-0.3, -0.25) is 4.79 Å². The molecule has 3 nitrogen and oxygen atoms in total. The maximum atomic E-state index is 12.1. The highest BCUT2D eigenvalue weighted by atomic mass is 16.3. The first-order valence-corrected chi connectivity index (χ1v) is 7.29. The van der Waals surface area contributed by atoms with Crippen LogP contribution in [0.3, 0.4) is 0 Å². The van der Waals surface area contributed by atoms with Gasteiger partial charge in [0.1, 0.15) is 5.76 Å². The predicted octanol–water partition coefficient (Wildman–Crippen LogP) is 3.92. The van der Waals surface area contributed by atoms with Gasteiger partial charge in [0.2, 0.25) is 0 Å². The SMILES string of the molecule is O=C(NCCc1ccccc1)c1ccc(-c2ccco2)cc1. The zero-order valence-corrected chi connectivity index (χ0v) is 12.2. The van der Waals surface area contributed by atoms with Crippen LogP contribution < -0.4 is 5.32 Å². The lowest BCUT2D eigenvalue weighted by molar-refractivity contribution is 0.0954.